The highest BCUT2D eigenvalue weighted by Crippen LogP contribution is 2.16. The van der Waals surface area contributed by atoms with Crippen LogP contribution in [0.25, 0.3) is 23.1 Å². The van der Waals surface area contributed by atoms with Gasteiger partial charge in [0.15, 0.2) is 0 Å². The third-order valence-electron chi connectivity index (χ3n) is 3.10. The molecule has 0 amide bonds. The van der Waals surface area contributed by atoms with Gasteiger partial charge in [-0.25, -0.2) is 9.78 Å². The normalized spacial score (nSPS) is 11.3. The minimum absolute atomic E-state index is 0.274. The fraction of sp³-hybridized carbons (Fsp3) is 0.0588. The van der Waals surface area contributed by atoms with Gasteiger partial charge in [-0.2, -0.15) is 0 Å². The lowest BCUT2D eigenvalue weighted by Gasteiger charge is -1.98. The number of aromatic nitrogens is 1. The Balaban J connectivity index is 1.99. The van der Waals surface area contributed by atoms with E-state index in [9.17, 15) is 4.79 Å². The molecule has 2 aromatic carbocycles. The Morgan fingerprint density at radius 2 is 1.86 bits per heavy atom. The van der Waals surface area contributed by atoms with Crippen LogP contribution in [0, 0.1) is 6.92 Å². The Labute approximate surface area is 126 Å². The standard InChI is InChI=1S/C17H12ClNO2/c1-11-2-4-12(5-3-11)6-9-16-19-15-8-7-13(18)10-14(15)17(20)21-16/h2-10H,1H3. The summed E-state index contributed by atoms with van der Waals surface area (Å²) in [6, 6.07) is 13.0. The van der Waals surface area contributed by atoms with E-state index in [1.54, 1.807) is 24.3 Å². The lowest BCUT2D eigenvalue weighted by atomic mass is 10.1. The first-order valence-corrected chi connectivity index (χ1v) is 6.85. The summed E-state index contributed by atoms with van der Waals surface area (Å²) in [6.07, 6.45) is 3.53. The van der Waals surface area contributed by atoms with Gasteiger partial charge in [0.1, 0.15) is 0 Å². The Morgan fingerprint density at radius 1 is 1.10 bits per heavy atom. The molecule has 21 heavy (non-hydrogen) atoms. The number of nitrogens with zero attached hydrogens (tertiary/aromatic N) is 1. The first-order chi connectivity index (χ1) is 10.1. The lowest BCUT2D eigenvalue weighted by molar-refractivity contribution is 0.491. The van der Waals surface area contributed by atoms with Gasteiger partial charge in [0.25, 0.3) is 0 Å². The molecule has 0 aliphatic carbocycles. The highest BCUT2D eigenvalue weighted by Gasteiger charge is 2.04. The van der Waals surface area contributed by atoms with E-state index in [1.807, 2.05) is 37.3 Å². The summed E-state index contributed by atoms with van der Waals surface area (Å²) < 4.78 is 5.18. The molecule has 0 fully saturated rings. The topological polar surface area (TPSA) is 43.1 Å². The average Bonchev–Trinajstić information content (AvgIpc) is 2.47. The van der Waals surface area contributed by atoms with Gasteiger partial charge in [-0.1, -0.05) is 41.4 Å². The van der Waals surface area contributed by atoms with Crippen molar-refractivity contribution < 1.29 is 4.42 Å². The third-order valence-corrected chi connectivity index (χ3v) is 3.34. The van der Waals surface area contributed by atoms with Crippen molar-refractivity contribution in [3.8, 4) is 0 Å². The molecule has 4 heteroatoms. The number of hydrogen-bond acceptors (Lipinski definition) is 3. The highest BCUT2D eigenvalue weighted by molar-refractivity contribution is 6.31. The molecule has 104 valence electrons. The van der Waals surface area contributed by atoms with Crippen LogP contribution in [0.3, 0.4) is 0 Å². The van der Waals surface area contributed by atoms with Gasteiger partial charge in [-0.3, -0.25) is 0 Å². The maximum atomic E-state index is 11.9. The van der Waals surface area contributed by atoms with E-state index < -0.39 is 5.63 Å². The maximum absolute atomic E-state index is 11.9. The van der Waals surface area contributed by atoms with Crippen molar-refractivity contribution in [1.82, 2.24) is 4.98 Å². The van der Waals surface area contributed by atoms with Gasteiger partial charge in [0, 0.05) is 11.1 Å². The van der Waals surface area contributed by atoms with Crippen LogP contribution in [0.1, 0.15) is 17.0 Å². The van der Waals surface area contributed by atoms with Gasteiger partial charge < -0.3 is 4.42 Å². The van der Waals surface area contributed by atoms with Gasteiger partial charge in [0.05, 0.1) is 10.9 Å². The third kappa shape index (κ3) is 3.03. The number of halogens is 1. The van der Waals surface area contributed by atoms with Crippen molar-refractivity contribution in [2.24, 2.45) is 0 Å². The quantitative estimate of drug-likeness (QED) is 0.707. The average molecular weight is 298 g/mol. The molecule has 0 atom stereocenters. The summed E-state index contributed by atoms with van der Waals surface area (Å²) in [5.41, 5.74) is 2.34. The number of hydrogen-bond donors (Lipinski definition) is 0. The van der Waals surface area contributed by atoms with Crippen molar-refractivity contribution in [2.75, 3.05) is 0 Å². The van der Waals surface area contributed by atoms with Gasteiger partial charge in [0.2, 0.25) is 5.89 Å². The van der Waals surface area contributed by atoms with Crippen LogP contribution < -0.4 is 5.63 Å². The first kappa shape index (κ1) is 13.6. The predicted molar refractivity (Wildman–Crippen MR) is 85.4 cm³/mol. The summed E-state index contributed by atoms with van der Waals surface area (Å²) in [5.74, 6) is 0.274. The molecule has 0 radical (unpaired) electrons. The number of fused-ring (bicyclic) bond motifs is 1. The fourth-order valence-corrected chi connectivity index (χ4v) is 2.15. The van der Waals surface area contributed by atoms with Crippen LogP contribution >= 0.6 is 11.6 Å². The minimum atomic E-state index is -0.439. The Hall–Kier alpha value is -2.39. The molecule has 0 saturated carbocycles. The number of aryl methyl sites for hydroxylation is 1. The van der Waals surface area contributed by atoms with E-state index in [-0.39, 0.29) is 5.89 Å². The predicted octanol–water partition coefficient (Wildman–Crippen LogP) is 4.32. The molecule has 0 spiro atoms. The maximum Gasteiger partial charge on any atom is 0.347 e. The zero-order valence-electron chi connectivity index (χ0n) is 11.3. The fourth-order valence-electron chi connectivity index (χ4n) is 1.98. The van der Waals surface area contributed by atoms with Crippen LogP contribution in [0.4, 0.5) is 0 Å². The van der Waals surface area contributed by atoms with E-state index >= 15 is 0 Å². The Kier molecular flexibility index (Phi) is 3.59. The molecular weight excluding hydrogens is 286 g/mol. The first-order valence-electron chi connectivity index (χ1n) is 6.47. The van der Waals surface area contributed by atoms with Gasteiger partial charge in [-0.05, 0) is 36.8 Å². The largest absolute Gasteiger partial charge is 0.404 e. The van der Waals surface area contributed by atoms with E-state index in [0.717, 1.165) is 5.56 Å². The summed E-state index contributed by atoms with van der Waals surface area (Å²) in [5, 5.41) is 0.870. The molecule has 0 saturated heterocycles. The molecule has 3 nitrogen and oxygen atoms in total. The summed E-state index contributed by atoms with van der Waals surface area (Å²) in [6.45, 7) is 2.03. The van der Waals surface area contributed by atoms with E-state index in [1.165, 1.54) is 5.56 Å². The number of benzene rings is 2. The van der Waals surface area contributed by atoms with Crippen LogP contribution in [-0.2, 0) is 0 Å². The van der Waals surface area contributed by atoms with Gasteiger partial charge in [-0.15, -0.1) is 0 Å². The molecule has 1 aromatic heterocycles. The molecule has 0 N–H and O–H groups in total. The molecule has 0 unspecified atom stereocenters. The summed E-state index contributed by atoms with van der Waals surface area (Å²) in [4.78, 5) is 16.2. The van der Waals surface area contributed by atoms with Gasteiger partial charge >= 0.3 is 5.63 Å². The van der Waals surface area contributed by atoms with Crippen LogP contribution in [0.2, 0.25) is 5.02 Å². The lowest BCUT2D eigenvalue weighted by Crippen LogP contribution is -2.02. The van der Waals surface area contributed by atoms with Crippen molar-refractivity contribution in [2.45, 2.75) is 6.92 Å². The minimum Gasteiger partial charge on any atom is -0.404 e. The SMILES string of the molecule is Cc1ccc(C=Cc2nc3ccc(Cl)cc3c(=O)o2)cc1. The summed E-state index contributed by atoms with van der Waals surface area (Å²) in [7, 11) is 0. The van der Waals surface area contributed by atoms with Crippen LogP contribution in [0.5, 0.6) is 0 Å². The summed E-state index contributed by atoms with van der Waals surface area (Å²) >= 11 is 5.86. The Bertz CT molecular complexity index is 879. The molecular formula is C17H12ClNO2. The van der Waals surface area contributed by atoms with E-state index in [4.69, 9.17) is 16.0 Å². The second-order valence-corrected chi connectivity index (χ2v) is 5.18. The van der Waals surface area contributed by atoms with Crippen molar-refractivity contribution in [3.63, 3.8) is 0 Å². The van der Waals surface area contributed by atoms with Crippen molar-refractivity contribution in [3.05, 3.63) is 74.9 Å². The Morgan fingerprint density at radius 3 is 2.62 bits per heavy atom. The van der Waals surface area contributed by atoms with Crippen LogP contribution in [0.15, 0.2) is 51.7 Å². The molecule has 3 rings (SSSR count). The monoisotopic (exact) mass is 297 g/mol. The smallest absolute Gasteiger partial charge is 0.347 e. The van der Waals surface area contributed by atoms with Crippen molar-refractivity contribution >= 4 is 34.7 Å². The van der Waals surface area contributed by atoms with Crippen LogP contribution in [-0.4, -0.2) is 4.98 Å². The second kappa shape index (κ2) is 5.54. The highest BCUT2D eigenvalue weighted by atomic mass is 35.5. The zero-order valence-corrected chi connectivity index (χ0v) is 12.1. The van der Waals surface area contributed by atoms with E-state index in [2.05, 4.69) is 4.98 Å². The molecule has 0 aliphatic rings. The number of rotatable bonds is 2. The molecule has 0 aliphatic heterocycles. The second-order valence-electron chi connectivity index (χ2n) is 4.75. The molecule has 1 heterocycles. The molecule has 3 aromatic rings. The van der Waals surface area contributed by atoms with E-state index in [0.29, 0.717) is 15.9 Å². The zero-order chi connectivity index (χ0) is 14.8. The molecule has 0 bridgehead atoms. The van der Waals surface area contributed by atoms with Crippen molar-refractivity contribution in [1.29, 1.82) is 0 Å².